The van der Waals surface area contributed by atoms with Crippen molar-refractivity contribution in [2.45, 2.75) is 32.2 Å². The van der Waals surface area contributed by atoms with Crippen molar-refractivity contribution in [1.29, 1.82) is 0 Å². The lowest BCUT2D eigenvalue weighted by atomic mass is 10.1. The van der Waals surface area contributed by atoms with Crippen LogP contribution in [0.4, 0.5) is 5.82 Å². The van der Waals surface area contributed by atoms with E-state index in [-0.39, 0.29) is 17.6 Å². The molecule has 2 heterocycles. The Kier molecular flexibility index (Phi) is 3.76. The number of aromatic amines is 1. The Morgan fingerprint density at radius 3 is 2.89 bits per heavy atom. The number of carbonyl (C=O) groups is 1. The summed E-state index contributed by atoms with van der Waals surface area (Å²) in [6.45, 7) is 2.32. The van der Waals surface area contributed by atoms with Crippen LogP contribution < -0.4 is 4.72 Å². The zero-order valence-electron chi connectivity index (χ0n) is 10.5. The van der Waals surface area contributed by atoms with Crippen LogP contribution in [0.1, 0.15) is 36.7 Å². The van der Waals surface area contributed by atoms with E-state index >= 15 is 0 Å². The third-order valence-corrected chi connectivity index (χ3v) is 4.72. The van der Waals surface area contributed by atoms with Gasteiger partial charge in [-0.05, 0) is 19.8 Å². The first kappa shape index (κ1) is 13.8. The minimum atomic E-state index is -3.69. The molecule has 1 saturated heterocycles. The number of aromatic nitrogens is 2. The van der Waals surface area contributed by atoms with Gasteiger partial charge in [-0.1, -0.05) is 6.42 Å². The molecule has 1 fully saturated rings. The van der Waals surface area contributed by atoms with Crippen LogP contribution in [-0.2, 0) is 10.2 Å². The number of rotatable bonds is 4. The Bertz CT molecular complexity index is 568. The highest BCUT2D eigenvalue weighted by Gasteiger charge is 2.30. The van der Waals surface area contributed by atoms with E-state index in [1.165, 1.54) is 4.31 Å². The van der Waals surface area contributed by atoms with E-state index in [1.807, 2.05) is 6.92 Å². The molecule has 0 radical (unpaired) electrons. The first-order chi connectivity index (χ1) is 8.90. The van der Waals surface area contributed by atoms with Crippen LogP contribution in [0, 0.1) is 0 Å². The van der Waals surface area contributed by atoms with Crippen LogP contribution in [0.5, 0.6) is 0 Å². The minimum Gasteiger partial charge on any atom is -0.477 e. The third kappa shape index (κ3) is 3.04. The van der Waals surface area contributed by atoms with Crippen LogP contribution >= 0.6 is 0 Å². The normalized spacial score (nSPS) is 21.2. The van der Waals surface area contributed by atoms with Gasteiger partial charge in [-0.2, -0.15) is 17.8 Å². The van der Waals surface area contributed by atoms with Crippen molar-refractivity contribution >= 4 is 22.0 Å². The molecule has 1 aromatic heterocycles. The van der Waals surface area contributed by atoms with E-state index < -0.39 is 16.2 Å². The van der Waals surface area contributed by atoms with E-state index in [4.69, 9.17) is 5.11 Å². The van der Waals surface area contributed by atoms with E-state index in [0.29, 0.717) is 6.54 Å². The molecule has 8 nitrogen and oxygen atoms in total. The number of aromatic carboxylic acids is 1. The average molecular weight is 288 g/mol. The monoisotopic (exact) mass is 288 g/mol. The molecule has 9 heteroatoms. The number of hydrogen-bond acceptors (Lipinski definition) is 4. The van der Waals surface area contributed by atoms with Crippen molar-refractivity contribution in [2.75, 3.05) is 11.3 Å². The molecule has 1 atom stereocenters. The molecule has 3 N–H and O–H groups in total. The van der Waals surface area contributed by atoms with Gasteiger partial charge in [0.1, 0.15) is 5.69 Å². The number of H-pyrrole nitrogens is 1. The SMILES string of the molecule is CC1CCCCN1S(=O)(=O)Nc1cc(C(=O)O)[nH]n1. The highest BCUT2D eigenvalue weighted by molar-refractivity contribution is 7.90. The summed E-state index contributed by atoms with van der Waals surface area (Å²) in [5, 5.41) is 14.6. The first-order valence-electron chi connectivity index (χ1n) is 5.98. The van der Waals surface area contributed by atoms with Gasteiger partial charge in [0.25, 0.3) is 0 Å². The van der Waals surface area contributed by atoms with Gasteiger partial charge in [0, 0.05) is 18.7 Å². The summed E-state index contributed by atoms with van der Waals surface area (Å²) < 4.78 is 28.0. The molecule has 0 saturated carbocycles. The van der Waals surface area contributed by atoms with Gasteiger partial charge in [0.05, 0.1) is 0 Å². The van der Waals surface area contributed by atoms with Crippen LogP contribution in [-0.4, -0.2) is 46.6 Å². The maximum absolute atomic E-state index is 12.2. The van der Waals surface area contributed by atoms with Gasteiger partial charge in [0.15, 0.2) is 5.82 Å². The largest absolute Gasteiger partial charge is 0.477 e. The quantitative estimate of drug-likeness (QED) is 0.752. The Morgan fingerprint density at radius 2 is 2.32 bits per heavy atom. The van der Waals surface area contributed by atoms with Crippen molar-refractivity contribution in [3.8, 4) is 0 Å². The van der Waals surface area contributed by atoms with Gasteiger partial charge in [-0.25, -0.2) is 4.79 Å². The highest BCUT2D eigenvalue weighted by Crippen LogP contribution is 2.21. The van der Waals surface area contributed by atoms with Gasteiger partial charge >= 0.3 is 16.2 Å². The molecule has 106 valence electrons. The molecule has 2 rings (SSSR count). The number of anilines is 1. The summed E-state index contributed by atoms with van der Waals surface area (Å²) in [4.78, 5) is 10.7. The second kappa shape index (κ2) is 5.17. The van der Waals surface area contributed by atoms with Gasteiger partial charge in [-0.3, -0.25) is 9.82 Å². The van der Waals surface area contributed by atoms with Gasteiger partial charge < -0.3 is 5.11 Å². The number of nitrogens with one attached hydrogen (secondary N) is 2. The second-order valence-corrected chi connectivity index (χ2v) is 6.16. The Labute approximate surface area is 111 Å². The summed E-state index contributed by atoms with van der Waals surface area (Å²) in [6.07, 6.45) is 2.66. The number of carboxylic acid groups (broad SMARTS) is 1. The highest BCUT2D eigenvalue weighted by atomic mass is 32.2. The van der Waals surface area contributed by atoms with Crippen molar-refractivity contribution in [3.05, 3.63) is 11.8 Å². The second-order valence-electron chi connectivity index (χ2n) is 4.53. The molecule has 0 spiro atoms. The van der Waals surface area contributed by atoms with E-state index in [1.54, 1.807) is 0 Å². The number of nitrogens with zero attached hydrogens (tertiary/aromatic N) is 2. The van der Waals surface area contributed by atoms with Gasteiger partial charge in [-0.15, -0.1) is 0 Å². The molecule has 19 heavy (non-hydrogen) atoms. The molecule has 0 aliphatic carbocycles. The van der Waals surface area contributed by atoms with Crippen LogP contribution in [0.15, 0.2) is 6.07 Å². The molecule has 0 bridgehead atoms. The maximum Gasteiger partial charge on any atom is 0.353 e. The van der Waals surface area contributed by atoms with E-state index in [0.717, 1.165) is 25.3 Å². The number of hydrogen-bond donors (Lipinski definition) is 3. The Balaban J connectivity index is 2.13. The van der Waals surface area contributed by atoms with Crippen molar-refractivity contribution in [1.82, 2.24) is 14.5 Å². The standard InChI is InChI=1S/C10H16N4O4S/c1-7-4-2-3-5-14(7)19(17,18)13-9-6-8(10(15)16)11-12-9/h6-7H,2-5H2,1H3,(H,15,16)(H2,11,12,13). The first-order valence-corrected chi connectivity index (χ1v) is 7.42. The summed E-state index contributed by atoms with van der Waals surface area (Å²) in [5.41, 5.74) is -0.163. The molecule has 1 unspecified atom stereocenters. The topological polar surface area (TPSA) is 115 Å². The maximum atomic E-state index is 12.2. The lowest BCUT2D eigenvalue weighted by Crippen LogP contribution is -2.44. The predicted octanol–water partition coefficient (Wildman–Crippen LogP) is 0.639. The fourth-order valence-electron chi connectivity index (χ4n) is 2.10. The molecular weight excluding hydrogens is 272 g/mol. The molecule has 1 aliphatic heterocycles. The number of piperidine rings is 1. The van der Waals surface area contributed by atoms with E-state index in [9.17, 15) is 13.2 Å². The molecule has 1 aromatic rings. The summed E-state index contributed by atoms with van der Waals surface area (Å²) in [6, 6.07) is 1.08. The predicted molar refractivity (Wildman–Crippen MR) is 68.1 cm³/mol. The van der Waals surface area contributed by atoms with Crippen LogP contribution in [0.25, 0.3) is 0 Å². The third-order valence-electron chi connectivity index (χ3n) is 3.09. The molecular formula is C10H16N4O4S. The minimum absolute atomic E-state index is 0.0184. The van der Waals surface area contributed by atoms with Crippen molar-refractivity contribution in [3.63, 3.8) is 0 Å². The Hall–Kier alpha value is -1.61. The number of carboxylic acids is 1. The molecule has 0 aromatic carbocycles. The Morgan fingerprint density at radius 1 is 1.58 bits per heavy atom. The fourth-order valence-corrected chi connectivity index (χ4v) is 3.54. The van der Waals surface area contributed by atoms with Crippen LogP contribution in [0.2, 0.25) is 0 Å². The van der Waals surface area contributed by atoms with Gasteiger partial charge in [0.2, 0.25) is 0 Å². The zero-order valence-corrected chi connectivity index (χ0v) is 11.3. The van der Waals surface area contributed by atoms with E-state index in [2.05, 4.69) is 14.9 Å². The molecule has 0 amide bonds. The lowest BCUT2D eigenvalue weighted by molar-refractivity contribution is 0.0690. The summed E-state index contributed by atoms with van der Waals surface area (Å²) >= 11 is 0. The van der Waals surface area contributed by atoms with Crippen molar-refractivity contribution in [2.24, 2.45) is 0 Å². The fraction of sp³-hybridized carbons (Fsp3) is 0.600. The van der Waals surface area contributed by atoms with Crippen LogP contribution in [0.3, 0.4) is 0 Å². The lowest BCUT2D eigenvalue weighted by Gasteiger charge is -2.31. The summed E-state index contributed by atoms with van der Waals surface area (Å²) in [7, 11) is -3.69. The molecule has 1 aliphatic rings. The smallest absolute Gasteiger partial charge is 0.353 e. The van der Waals surface area contributed by atoms with Crippen molar-refractivity contribution < 1.29 is 18.3 Å². The zero-order chi connectivity index (χ0) is 14.0. The summed E-state index contributed by atoms with van der Waals surface area (Å²) in [5.74, 6) is -1.21. The average Bonchev–Trinajstić information content (AvgIpc) is 2.77.